The van der Waals surface area contributed by atoms with E-state index in [1.807, 2.05) is 0 Å². The van der Waals surface area contributed by atoms with Crippen LogP contribution in [0.1, 0.15) is 30.6 Å². The lowest BCUT2D eigenvalue weighted by molar-refractivity contribution is 0.0777. The van der Waals surface area contributed by atoms with Crippen LogP contribution in [-0.4, -0.2) is 44.6 Å². The van der Waals surface area contributed by atoms with Gasteiger partial charge in [-0.25, -0.2) is 8.42 Å². The third-order valence-corrected chi connectivity index (χ3v) is 5.93. The first-order valence-electron chi connectivity index (χ1n) is 7.13. The van der Waals surface area contributed by atoms with Gasteiger partial charge in [-0.1, -0.05) is 13.8 Å². The molecular weight excluding hydrogens is 288 g/mol. The van der Waals surface area contributed by atoms with Crippen molar-refractivity contribution < 1.29 is 13.2 Å². The van der Waals surface area contributed by atoms with E-state index in [0.29, 0.717) is 25.2 Å². The fourth-order valence-electron chi connectivity index (χ4n) is 2.52. The van der Waals surface area contributed by atoms with E-state index in [1.165, 1.54) is 12.1 Å². The van der Waals surface area contributed by atoms with Crippen LogP contribution in [0, 0.1) is 5.41 Å². The molecule has 0 aliphatic carbocycles. The quantitative estimate of drug-likeness (QED) is 0.908. The summed E-state index contributed by atoms with van der Waals surface area (Å²) in [6, 6.07) is 6.18. The molecule has 0 saturated carbocycles. The Labute approximate surface area is 126 Å². The van der Waals surface area contributed by atoms with Gasteiger partial charge in [-0.3, -0.25) is 4.79 Å². The second-order valence-electron chi connectivity index (χ2n) is 5.92. The molecule has 21 heavy (non-hydrogen) atoms. The van der Waals surface area contributed by atoms with Gasteiger partial charge in [0.25, 0.3) is 5.91 Å². The van der Waals surface area contributed by atoms with Crippen molar-refractivity contribution in [2.75, 3.05) is 25.4 Å². The minimum atomic E-state index is -3.22. The molecule has 1 aliphatic rings. The summed E-state index contributed by atoms with van der Waals surface area (Å²) >= 11 is 0. The molecule has 2 rings (SSSR count). The maximum atomic E-state index is 12.4. The zero-order valence-electron chi connectivity index (χ0n) is 12.5. The van der Waals surface area contributed by atoms with Gasteiger partial charge in [-0.05, 0) is 42.6 Å². The highest BCUT2D eigenvalue weighted by atomic mass is 32.2. The number of benzene rings is 1. The van der Waals surface area contributed by atoms with E-state index in [2.05, 4.69) is 6.92 Å². The Kier molecular flexibility index (Phi) is 4.39. The average molecular weight is 310 g/mol. The number of hydrogen-bond donors (Lipinski definition) is 1. The van der Waals surface area contributed by atoms with E-state index in [1.54, 1.807) is 24.0 Å². The second kappa shape index (κ2) is 5.77. The number of carbonyl (C=O) groups is 1. The van der Waals surface area contributed by atoms with Gasteiger partial charge in [0, 0.05) is 18.7 Å². The highest BCUT2D eigenvalue weighted by molar-refractivity contribution is 7.91. The Morgan fingerprint density at radius 3 is 2.43 bits per heavy atom. The largest absolute Gasteiger partial charge is 0.338 e. The number of sulfone groups is 1. The van der Waals surface area contributed by atoms with Gasteiger partial charge in [-0.15, -0.1) is 0 Å². The van der Waals surface area contributed by atoms with Crippen LogP contribution in [0.25, 0.3) is 0 Å². The standard InChI is InChI=1S/C15H22N2O3S/c1-3-21(19,20)13-6-4-12(5-7-13)14(18)17-9-8-15(2,10-16)11-17/h4-7H,3,8-11,16H2,1-2H3. The van der Waals surface area contributed by atoms with Crippen molar-refractivity contribution in [3.05, 3.63) is 29.8 Å². The maximum Gasteiger partial charge on any atom is 0.253 e. The summed E-state index contributed by atoms with van der Waals surface area (Å²) in [4.78, 5) is 14.5. The number of rotatable bonds is 4. The summed E-state index contributed by atoms with van der Waals surface area (Å²) in [5, 5.41) is 0. The van der Waals surface area contributed by atoms with Crippen molar-refractivity contribution in [2.24, 2.45) is 11.1 Å². The van der Waals surface area contributed by atoms with Crippen LogP contribution >= 0.6 is 0 Å². The van der Waals surface area contributed by atoms with E-state index in [4.69, 9.17) is 5.73 Å². The zero-order chi connectivity index (χ0) is 15.7. The minimum Gasteiger partial charge on any atom is -0.338 e. The Morgan fingerprint density at radius 2 is 1.95 bits per heavy atom. The molecule has 0 bridgehead atoms. The SMILES string of the molecule is CCS(=O)(=O)c1ccc(C(=O)N2CCC(C)(CN)C2)cc1. The van der Waals surface area contributed by atoms with Gasteiger partial charge in [0.15, 0.2) is 9.84 Å². The summed E-state index contributed by atoms with van der Waals surface area (Å²) < 4.78 is 23.5. The van der Waals surface area contributed by atoms with Gasteiger partial charge in [0.2, 0.25) is 0 Å². The van der Waals surface area contributed by atoms with E-state index in [-0.39, 0.29) is 22.0 Å². The number of hydrogen-bond acceptors (Lipinski definition) is 4. The molecule has 1 amide bonds. The summed E-state index contributed by atoms with van der Waals surface area (Å²) in [6.45, 7) is 5.59. The molecule has 1 aliphatic heterocycles. The van der Waals surface area contributed by atoms with Crippen molar-refractivity contribution in [2.45, 2.75) is 25.2 Å². The molecule has 1 unspecified atom stereocenters. The lowest BCUT2D eigenvalue weighted by atomic mass is 9.90. The molecule has 1 fully saturated rings. The molecule has 1 saturated heterocycles. The van der Waals surface area contributed by atoms with Gasteiger partial charge in [0.05, 0.1) is 10.6 Å². The van der Waals surface area contributed by atoms with E-state index >= 15 is 0 Å². The van der Waals surface area contributed by atoms with E-state index in [9.17, 15) is 13.2 Å². The fraction of sp³-hybridized carbons (Fsp3) is 0.533. The molecule has 116 valence electrons. The van der Waals surface area contributed by atoms with Crippen molar-refractivity contribution in [1.29, 1.82) is 0 Å². The molecule has 1 heterocycles. The average Bonchev–Trinajstić information content (AvgIpc) is 2.90. The minimum absolute atomic E-state index is 0.0127. The van der Waals surface area contributed by atoms with Crippen molar-refractivity contribution in [3.63, 3.8) is 0 Å². The molecule has 0 spiro atoms. The molecule has 5 nitrogen and oxygen atoms in total. The zero-order valence-corrected chi connectivity index (χ0v) is 13.3. The predicted molar refractivity (Wildman–Crippen MR) is 81.9 cm³/mol. The van der Waals surface area contributed by atoms with Gasteiger partial charge in [-0.2, -0.15) is 0 Å². The summed E-state index contributed by atoms with van der Waals surface area (Å²) in [7, 11) is -3.22. The first kappa shape index (κ1) is 16.0. The first-order valence-corrected chi connectivity index (χ1v) is 8.79. The van der Waals surface area contributed by atoms with Crippen LogP contribution < -0.4 is 5.73 Å². The molecule has 0 radical (unpaired) electrons. The van der Waals surface area contributed by atoms with Crippen molar-refractivity contribution in [1.82, 2.24) is 4.90 Å². The third-order valence-electron chi connectivity index (χ3n) is 4.18. The van der Waals surface area contributed by atoms with Crippen LogP contribution in [0.2, 0.25) is 0 Å². The van der Waals surface area contributed by atoms with Gasteiger partial charge >= 0.3 is 0 Å². The molecule has 2 N–H and O–H groups in total. The maximum absolute atomic E-state index is 12.4. The number of likely N-dealkylation sites (tertiary alicyclic amines) is 1. The lowest BCUT2D eigenvalue weighted by Crippen LogP contribution is -2.34. The van der Waals surface area contributed by atoms with Crippen LogP contribution in [-0.2, 0) is 9.84 Å². The van der Waals surface area contributed by atoms with Crippen LogP contribution in [0.3, 0.4) is 0 Å². The molecule has 1 aromatic carbocycles. The van der Waals surface area contributed by atoms with Gasteiger partial charge in [0.1, 0.15) is 0 Å². The topological polar surface area (TPSA) is 80.5 Å². The normalized spacial score (nSPS) is 22.5. The number of amides is 1. The Hall–Kier alpha value is -1.40. The molecule has 1 atom stereocenters. The Bertz CT molecular complexity index is 625. The van der Waals surface area contributed by atoms with Crippen LogP contribution in [0.5, 0.6) is 0 Å². The smallest absolute Gasteiger partial charge is 0.253 e. The highest BCUT2D eigenvalue weighted by Crippen LogP contribution is 2.29. The first-order chi connectivity index (χ1) is 9.81. The molecule has 0 aromatic heterocycles. The predicted octanol–water partition coefficient (Wildman–Crippen LogP) is 1.29. The summed E-state index contributed by atoms with van der Waals surface area (Å²) in [5.41, 5.74) is 6.25. The van der Waals surface area contributed by atoms with Crippen LogP contribution in [0.15, 0.2) is 29.2 Å². The van der Waals surface area contributed by atoms with E-state index < -0.39 is 9.84 Å². The Morgan fingerprint density at radius 1 is 1.33 bits per heavy atom. The van der Waals surface area contributed by atoms with Crippen molar-refractivity contribution in [3.8, 4) is 0 Å². The Balaban J connectivity index is 2.15. The highest BCUT2D eigenvalue weighted by Gasteiger charge is 2.35. The van der Waals surface area contributed by atoms with Crippen LogP contribution in [0.4, 0.5) is 0 Å². The molecule has 6 heteroatoms. The van der Waals surface area contributed by atoms with Gasteiger partial charge < -0.3 is 10.6 Å². The van der Waals surface area contributed by atoms with E-state index in [0.717, 1.165) is 6.42 Å². The molecular formula is C15H22N2O3S. The second-order valence-corrected chi connectivity index (χ2v) is 8.20. The van der Waals surface area contributed by atoms with Crippen molar-refractivity contribution >= 4 is 15.7 Å². The lowest BCUT2D eigenvalue weighted by Gasteiger charge is -2.22. The number of nitrogens with two attached hydrogens (primary N) is 1. The third kappa shape index (κ3) is 3.27. The summed E-state index contributed by atoms with van der Waals surface area (Å²) in [6.07, 6.45) is 0.900. The number of carbonyl (C=O) groups excluding carboxylic acids is 1. The monoisotopic (exact) mass is 310 g/mol. The molecule has 1 aromatic rings. The fourth-order valence-corrected chi connectivity index (χ4v) is 3.40. The number of nitrogens with zero attached hydrogens (tertiary/aromatic N) is 1. The summed E-state index contributed by atoms with van der Waals surface area (Å²) in [5.74, 6) is -0.00557.